The Bertz CT molecular complexity index is 318. The minimum atomic E-state index is -2.16. The molecule has 8 heteroatoms. The summed E-state index contributed by atoms with van der Waals surface area (Å²) in [5.74, 6) is 0. The highest BCUT2D eigenvalue weighted by molar-refractivity contribution is 5.02. The highest BCUT2D eigenvalue weighted by atomic mass is 16.4. The van der Waals surface area contributed by atoms with Gasteiger partial charge in [-0.25, -0.2) is 0 Å². The van der Waals surface area contributed by atoms with Crippen LogP contribution in [0.2, 0.25) is 0 Å². The summed E-state index contributed by atoms with van der Waals surface area (Å²) in [6, 6.07) is 2.72. The lowest BCUT2D eigenvalue weighted by atomic mass is 10.1. The van der Waals surface area contributed by atoms with Crippen molar-refractivity contribution in [3.05, 3.63) is 0 Å². The number of hydrogen-bond acceptors (Lipinski definition) is 8. The van der Waals surface area contributed by atoms with E-state index in [1.807, 2.05) is 0 Å². The lowest BCUT2D eigenvalue weighted by Crippen LogP contribution is -2.38. The van der Waals surface area contributed by atoms with Crippen molar-refractivity contribution in [2.45, 2.75) is 37.5 Å². The molecule has 0 spiro atoms. The first-order chi connectivity index (χ1) is 7.17. The van der Waals surface area contributed by atoms with Gasteiger partial charge in [0, 0.05) is 0 Å². The zero-order chi connectivity index (χ0) is 13.0. The average molecular weight is 228 g/mol. The van der Waals surface area contributed by atoms with Crippen molar-refractivity contribution in [3.63, 3.8) is 0 Å². The SMILES string of the molecule is CC(O)(C#N)C(O)/N=N/C(O)C(C)(O)C#N. The molecule has 0 aliphatic rings. The molecule has 0 aromatic carbocycles. The van der Waals surface area contributed by atoms with Gasteiger partial charge >= 0.3 is 0 Å². The van der Waals surface area contributed by atoms with E-state index in [2.05, 4.69) is 10.2 Å². The van der Waals surface area contributed by atoms with Gasteiger partial charge in [0.2, 0.25) is 12.5 Å². The molecule has 0 heterocycles. The van der Waals surface area contributed by atoms with E-state index >= 15 is 0 Å². The third kappa shape index (κ3) is 3.53. The average Bonchev–Trinajstić information content (AvgIpc) is 2.24. The topological polar surface area (TPSA) is 153 Å². The van der Waals surface area contributed by atoms with Crippen molar-refractivity contribution < 1.29 is 20.4 Å². The van der Waals surface area contributed by atoms with E-state index in [0.29, 0.717) is 0 Å². The number of hydrogen-bond donors (Lipinski definition) is 4. The molecule has 4 unspecified atom stereocenters. The molecule has 88 valence electrons. The maximum Gasteiger partial charge on any atom is 0.208 e. The Balaban J connectivity index is 4.66. The van der Waals surface area contributed by atoms with Gasteiger partial charge in [0.15, 0.2) is 11.2 Å². The molecule has 0 aromatic heterocycles. The van der Waals surface area contributed by atoms with Crippen LogP contribution in [0.25, 0.3) is 0 Å². The second-order valence-corrected chi connectivity index (χ2v) is 3.50. The second-order valence-electron chi connectivity index (χ2n) is 3.50. The maximum atomic E-state index is 9.19. The zero-order valence-electron chi connectivity index (χ0n) is 8.73. The Morgan fingerprint density at radius 1 is 0.938 bits per heavy atom. The fourth-order valence-corrected chi connectivity index (χ4v) is 0.467. The van der Waals surface area contributed by atoms with E-state index in [1.54, 1.807) is 0 Å². The lowest BCUT2D eigenvalue weighted by molar-refractivity contribution is -0.0400. The van der Waals surface area contributed by atoms with Crippen LogP contribution in [0.3, 0.4) is 0 Å². The summed E-state index contributed by atoms with van der Waals surface area (Å²) in [4.78, 5) is 0. The van der Waals surface area contributed by atoms with Crippen LogP contribution in [0.4, 0.5) is 0 Å². The molecule has 0 amide bonds. The van der Waals surface area contributed by atoms with Gasteiger partial charge in [-0.15, -0.1) is 0 Å². The standard InChI is InChI=1S/C8H12N4O4/c1-7(15,3-9)5(13)11-12-6(14)8(2,16)4-10/h5-6,13-16H,1-2H3/b12-11+. The molecule has 8 nitrogen and oxygen atoms in total. The summed E-state index contributed by atoms with van der Waals surface area (Å²) in [6.07, 6.45) is -3.77. The Kier molecular flexibility index (Phi) is 4.47. The third-order valence-corrected chi connectivity index (χ3v) is 1.74. The van der Waals surface area contributed by atoms with E-state index in [4.69, 9.17) is 20.7 Å². The predicted octanol–water partition coefficient (Wildman–Crippen LogP) is -1.38. The van der Waals surface area contributed by atoms with Crippen molar-refractivity contribution in [1.29, 1.82) is 10.5 Å². The smallest absolute Gasteiger partial charge is 0.208 e. The maximum absolute atomic E-state index is 9.19. The van der Waals surface area contributed by atoms with Crippen LogP contribution in [0.1, 0.15) is 13.8 Å². The van der Waals surface area contributed by atoms with Crippen LogP contribution in [-0.2, 0) is 0 Å². The number of aliphatic hydroxyl groups excluding tert-OH is 2. The molecule has 0 saturated carbocycles. The lowest BCUT2D eigenvalue weighted by Gasteiger charge is -2.19. The van der Waals surface area contributed by atoms with Gasteiger partial charge in [-0.1, -0.05) is 0 Å². The largest absolute Gasteiger partial charge is 0.372 e. The summed E-state index contributed by atoms with van der Waals surface area (Å²) in [7, 11) is 0. The molecule has 0 rings (SSSR count). The first-order valence-corrected chi connectivity index (χ1v) is 4.20. The molecule has 16 heavy (non-hydrogen) atoms. The molecule has 0 fully saturated rings. The highest BCUT2D eigenvalue weighted by Gasteiger charge is 2.33. The molecular formula is C8H12N4O4. The molecule has 4 N–H and O–H groups in total. The minimum absolute atomic E-state index is 0.992. The summed E-state index contributed by atoms with van der Waals surface area (Å²) < 4.78 is 0. The Morgan fingerprint density at radius 3 is 1.38 bits per heavy atom. The highest BCUT2D eigenvalue weighted by Crippen LogP contribution is 2.14. The van der Waals surface area contributed by atoms with Crippen molar-refractivity contribution in [1.82, 2.24) is 0 Å². The molecule has 0 saturated heterocycles. The van der Waals surface area contributed by atoms with Crippen LogP contribution in [0.15, 0.2) is 10.2 Å². The molecule has 0 aliphatic heterocycles. The van der Waals surface area contributed by atoms with E-state index in [-0.39, 0.29) is 0 Å². The van der Waals surface area contributed by atoms with E-state index < -0.39 is 23.7 Å². The van der Waals surface area contributed by atoms with Crippen molar-refractivity contribution >= 4 is 0 Å². The first-order valence-electron chi connectivity index (χ1n) is 4.20. The molecule has 0 aliphatic carbocycles. The van der Waals surface area contributed by atoms with Gasteiger partial charge in [-0.2, -0.15) is 20.8 Å². The minimum Gasteiger partial charge on any atom is -0.372 e. The van der Waals surface area contributed by atoms with Gasteiger partial charge < -0.3 is 20.4 Å². The Morgan fingerprint density at radius 2 is 1.19 bits per heavy atom. The van der Waals surface area contributed by atoms with Crippen LogP contribution < -0.4 is 0 Å². The van der Waals surface area contributed by atoms with Crippen LogP contribution in [0.5, 0.6) is 0 Å². The zero-order valence-corrected chi connectivity index (χ0v) is 8.73. The quantitative estimate of drug-likeness (QED) is 0.343. The molecule has 0 radical (unpaired) electrons. The Labute approximate surface area is 91.7 Å². The fraction of sp³-hybridized carbons (Fsp3) is 0.750. The normalized spacial score (nSPS) is 22.5. The van der Waals surface area contributed by atoms with Crippen molar-refractivity contribution in [2.24, 2.45) is 10.2 Å². The summed E-state index contributed by atoms with van der Waals surface area (Å²) in [5.41, 5.74) is -4.33. The van der Waals surface area contributed by atoms with Crippen molar-refractivity contribution in [3.8, 4) is 12.1 Å². The summed E-state index contributed by atoms with van der Waals surface area (Å²) in [6.45, 7) is 1.98. The number of azo groups is 1. The number of aliphatic hydroxyl groups is 4. The van der Waals surface area contributed by atoms with E-state index in [0.717, 1.165) is 13.8 Å². The molecule has 0 aromatic rings. The number of nitrogens with zero attached hydrogens (tertiary/aromatic N) is 4. The van der Waals surface area contributed by atoms with Gasteiger partial charge in [0.1, 0.15) is 12.1 Å². The number of rotatable bonds is 4. The van der Waals surface area contributed by atoms with E-state index in [9.17, 15) is 10.2 Å². The fourth-order valence-electron chi connectivity index (χ4n) is 0.467. The first kappa shape index (κ1) is 14.4. The van der Waals surface area contributed by atoms with Gasteiger partial charge in [0.05, 0.1) is 0 Å². The van der Waals surface area contributed by atoms with E-state index in [1.165, 1.54) is 12.1 Å². The van der Waals surface area contributed by atoms with Crippen LogP contribution in [0, 0.1) is 22.7 Å². The molecule has 0 bridgehead atoms. The molecular weight excluding hydrogens is 216 g/mol. The molecule has 4 atom stereocenters. The van der Waals surface area contributed by atoms with Crippen LogP contribution >= 0.6 is 0 Å². The van der Waals surface area contributed by atoms with Gasteiger partial charge in [-0.3, -0.25) is 0 Å². The monoisotopic (exact) mass is 228 g/mol. The number of nitriles is 2. The summed E-state index contributed by atoms with van der Waals surface area (Å²) >= 11 is 0. The second kappa shape index (κ2) is 4.96. The summed E-state index contributed by atoms with van der Waals surface area (Å²) in [5, 5.41) is 59.6. The van der Waals surface area contributed by atoms with Gasteiger partial charge in [-0.05, 0) is 13.8 Å². The predicted molar refractivity (Wildman–Crippen MR) is 49.3 cm³/mol. The Hall–Kier alpha value is -1.58. The van der Waals surface area contributed by atoms with Crippen molar-refractivity contribution in [2.75, 3.05) is 0 Å². The van der Waals surface area contributed by atoms with Crippen LogP contribution in [-0.4, -0.2) is 44.1 Å². The van der Waals surface area contributed by atoms with Gasteiger partial charge in [0.25, 0.3) is 0 Å². The third-order valence-electron chi connectivity index (χ3n) is 1.74.